The lowest BCUT2D eigenvalue weighted by Gasteiger charge is -2.12. The average Bonchev–Trinajstić information content (AvgIpc) is 2.96. The van der Waals surface area contributed by atoms with Gasteiger partial charge in [-0.3, -0.25) is 4.99 Å². The summed E-state index contributed by atoms with van der Waals surface area (Å²) in [6.07, 6.45) is 2.24. The SMILES string of the molecule is CCNC(=NCCCOC1CCOC1)NCCOCC. The van der Waals surface area contributed by atoms with E-state index in [0.717, 1.165) is 64.9 Å². The van der Waals surface area contributed by atoms with E-state index in [1.54, 1.807) is 0 Å². The Bertz CT molecular complexity index is 256. The second kappa shape index (κ2) is 11.9. The highest BCUT2D eigenvalue weighted by atomic mass is 16.5. The van der Waals surface area contributed by atoms with Gasteiger partial charge in [0.1, 0.15) is 0 Å². The highest BCUT2D eigenvalue weighted by Gasteiger charge is 2.15. The molecule has 0 bridgehead atoms. The zero-order valence-corrected chi connectivity index (χ0v) is 12.8. The predicted molar refractivity (Wildman–Crippen MR) is 80.3 cm³/mol. The van der Waals surface area contributed by atoms with E-state index >= 15 is 0 Å². The highest BCUT2D eigenvalue weighted by molar-refractivity contribution is 5.79. The van der Waals surface area contributed by atoms with Crippen LogP contribution in [0, 0.1) is 0 Å². The lowest BCUT2D eigenvalue weighted by atomic mass is 10.3. The van der Waals surface area contributed by atoms with Crippen molar-refractivity contribution in [3.8, 4) is 0 Å². The maximum Gasteiger partial charge on any atom is 0.191 e. The van der Waals surface area contributed by atoms with E-state index in [9.17, 15) is 0 Å². The zero-order chi connectivity index (χ0) is 14.5. The van der Waals surface area contributed by atoms with E-state index in [0.29, 0.717) is 6.61 Å². The zero-order valence-electron chi connectivity index (χ0n) is 12.8. The molecule has 118 valence electrons. The molecule has 0 aromatic rings. The fourth-order valence-corrected chi connectivity index (χ4v) is 1.88. The van der Waals surface area contributed by atoms with Gasteiger partial charge in [0.15, 0.2) is 5.96 Å². The first-order valence-electron chi connectivity index (χ1n) is 7.66. The second-order valence-corrected chi connectivity index (χ2v) is 4.59. The Balaban J connectivity index is 2.07. The molecule has 20 heavy (non-hydrogen) atoms. The summed E-state index contributed by atoms with van der Waals surface area (Å²) in [5.74, 6) is 0.844. The van der Waals surface area contributed by atoms with Gasteiger partial charge in [-0.15, -0.1) is 0 Å². The van der Waals surface area contributed by atoms with Crippen LogP contribution in [-0.2, 0) is 14.2 Å². The minimum atomic E-state index is 0.288. The molecule has 1 fully saturated rings. The van der Waals surface area contributed by atoms with E-state index in [2.05, 4.69) is 22.5 Å². The number of hydrogen-bond acceptors (Lipinski definition) is 4. The Morgan fingerprint density at radius 2 is 2.20 bits per heavy atom. The van der Waals surface area contributed by atoms with Crippen molar-refractivity contribution in [3.63, 3.8) is 0 Å². The summed E-state index contributed by atoms with van der Waals surface area (Å²) in [4.78, 5) is 4.50. The summed E-state index contributed by atoms with van der Waals surface area (Å²) in [5, 5.41) is 6.45. The van der Waals surface area contributed by atoms with Gasteiger partial charge in [-0.1, -0.05) is 0 Å². The first kappa shape index (κ1) is 17.2. The van der Waals surface area contributed by atoms with Crippen LogP contribution in [-0.4, -0.2) is 64.7 Å². The number of rotatable bonds is 10. The third-order valence-electron chi connectivity index (χ3n) is 2.90. The molecule has 0 aromatic carbocycles. The van der Waals surface area contributed by atoms with Gasteiger partial charge in [-0.2, -0.15) is 0 Å². The van der Waals surface area contributed by atoms with Gasteiger partial charge >= 0.3 is 0 Å². The molecule has 1 heterocycles. The fraction of sp³-hybridized carbons (Fsp3) is 0.929. The highest BCUT2D eigenvalue weighted by Crippen LogP contribution is 2.07. The summed E-state index contributed by atoms with van der Waals surface area (Å²) in [5.41, 5.74) is 0. The van der Waals surface area contributed by atoms with Crippen LogP contribution in [0.3, 0.4) is 0 Å². The predicted octanol–water partition coefficient (Wildman–Crippen LogP) is 0.774. The number of nitrogens with zero attached hydrogens (tertiary/aromatic N) is 1. The van der Waals surface area contributed by atoms with Gasteiger partial charge < -0.3 is 24.8 Å². The Morgan fingerprint density at radius 1 is 1.30 bits per heavy atom. The number of ether oxygens (including phenoxy) is 3. The van der Waals surface area contributed by atoms with E-state index in [4.69, 9.17) is 14.2 Å². The maximum atomic E-state index is 5.70. The molecule has 1 aliphatic rings. The van der Waals surface area contributed by atoms with Crippen LogP contribution in [0.15, 0.2) is 4.99 Å². The fourth-order valence-electron chi connectivity index (χ4n) is 1.88. The molecule has 1 rings (SSSR count). The monoisotopic (exact) mass is 287 g/mol. The van der Waals surface area contributed by atoms with Gasteiger partial charge in [-0.25, -0.2) is 0 Å². The Hall–Kier alpha value is -0.850. The molecule has 0 aliphatic carbocycles. The molecule has 0 saturated carbocycles. The topological polar surface area (TPSA) is 64.1 Å². The second-order valence-electron chi connectivity index (χ2n) is 4.59. The molecule has 6 nitrogen and oxygen atoms in total. The van der Waals surface area contributed by atoms with Gasteiger partial charge in [0.05, 0.1) is 19.3 Å². The Labute approximate surface area is 122 Å². The normalized spacial score (nSPS) is 19.3. The lowest BCUT2D eigenvalue weighted by molar-refractivity contribution is 0.0424. The van der Waals surface area contributed by atoms with Gasteiger partial charge in [-0.05, 0) is 26.7 Å². The van der Waals surface area contributed by atoms with Crippen molar-refractivity contribution in [3.05, 3.63) is 0 Å². The van der Waals surface area contributed by atoms with Crippen LogP contribution >= 0.6 is 0 Å². The van der Waals surface area contributed by atoms with Crippen LogP contribution in [0.2, 0.25) is 0 Å². The Morgan fingerprint density at radius 3 is 2.90 bits per heavy atom. The third kappa shape index (κ3) is 8.35. The van der Waals surface area contributed by atoms with E-state index in [1.165, 1.54) is 0 Å². The summed E-state index contributed by atoms with van der Waals surface area (Å²) in [6.45, 7) is 10.2. The number of hydrogen-bond donors (Lipinski definition) is 2. The van der Waals surface area contributed by atoms with Crippen LogP contribution in [0.4, 0.5) is 0 Å². The molecular weight excluding hydrogens is 258 g/mol. The van der Waals surface area contributed by atoms with E-state index < -0.39 is 0 Å². The van der Waals surface area contributed by atoms with Crippen molar-refractivity contribution >= 4 is 5.96 Å². The molecular formula is C14H29N3O3. The van der Waals surface area contributed by atoms with Crippen molar-refractivity contribution in [1.82, 2.24) is 10.6 Å². The molecule has 1 atom stereocenters. The van der Waals surface area contributed by atoms with E-state index in [-0.39, 0.29) is 6.10 Å². The molecule has 0 spiro atoms. The maximum absolute atomic E-state index is 5.70. The van der Waals surface area contributed by atoms with Gasteiger partial charge in [0, 0.05) is 39.5 Å². The molecule has 1 unspecified atom stereocenters. The minimum Gasteiger partial charge on any atom is -0.380 e. The van der Waals surface area contributed by atoms with Crippen LogP contribution in [0.1, 0.15) is 26.7 Å². The number of aliphatic imine (C=N–C) groups is 1. The number of guanidine groups is 1. The van der Waals surface area contributed by atoms with Gasteiger partial charge in [0.2, 0.25) is 0 Å². The van der Waals surface area contributed by atoms with Crippen molar-refractivity contribution in [1.29, 1.82) is 0 Å². The van der Waals surface area contributed by atoms with Crippen LogP contribution in [0.5, 0.6) is 0 Å². The first-order valence-corrected chi connectivity index (χ1v) is 7.66. The molecule has 0 radical (unpaired) electrons. The largest absolute Gasteiger partial charge is 0.380 e. The molecule has 2 N–H and O–H groups in total. The first-order chi connectivity index (χ1) is 9.86. The van der Waals surface area contributed by atoms with Crippen molar-refractivity contribution in [2.24, 2.45) is 4.99 Å². The molecule has 0 amide bonds. The van der Waals surface area contributed by atoms with Crippen LogP contribution in [0.25, 0.3) is 0 Å². The molecule has 6 heteroatoms. The van der Waals surface area contributed by atoms with Crippen molar-refractivity contribution in [2.45, 2.75) is 32.8 Å². The number of nitrogens with one attached hydrogen (secondary N) is 2. The summed E-state index contributed by atoms with van der Waals surface area (Å²) >= 11 is 0. The third-order valence-corrected chi connectivity index (χ3v) is 2.90. The van der Waals surface area contributed by atoms with Crippen LogP contribution < -0.4 is 10.6 Å². The molecule has 0 aromatic heterocycles. The van der Waals surface area contributed by atoms with Crippen molar-refractivity contribution in [2.75, 3.05) is 52.7 Å². The summed E-state index contributed by atoms with van der Waals surface area (Å²) in [7, 11) is 0. The molecule has 1 aliphatic heterocycles. The average molecular weight is 287 g/mol. The Kier molecular flexibility index (Phi) is 10.3. The quantitative estimate of drug-likeness (QED) is 0.353. The summed E-state index contributed by atoms with van der Waals surface area (Å²) < 4.78 is 16.3. The lowest BCUT2D eigenvalue weighted by Crippen LogP contribution is -2.39. The standard InChI is InChI=1S/C14H29N3O3/c1-3-15-14(17-8-11-18-4-2)16-7-5-9-20-13-6-10-19-12-13/h13H,3-12H2,1-2H3,(H2,15,16,17). The molecule has 1 saturated heterocycles. The smallest absolute Gasteiger partial charge is 0.191 e. The van der Waals surface area contributed by atoms with Crippen molar-refractivity contribution < 1.29 is 14.2 Å². The van der Waals surface area contributed by atoms with E-state index in [1.807, 2.05) is 6.92 Å². The minimum absolute atomic E-state index is 0.288. The van der Waals surface area contributed by atoms with Gasteiger partial charge in [0.25, 0.3) is 0 Å². The summed E-state index contributed by atoms with van der Waals surface area (Å²) in [6, 6.07) is 0.